The number of aliphatic carboxylic acids is 1. The maximum atomic E-state index is 14.7. The molecule has 0 bridgehead atoms. The first-order valence-corrected chi connectivity index (χ1v) is 15.2. The van der Waals surface area contributed by atoms with Crippen molar-refractivity contribution in [3.05, 3.63) is 63.0 Å². The number of carboxylic acids is 1. The summed E-state index contributed by atoms with van der Waals surface area (Å²) >= 11 is 1.43. The zero-order valence-electron chi connectivity index (χ0n) is 24.4. The molecule has 4 heterocycles. The van der Waals surface area contributed by atoms with Gasteiger partial charge in [-0.2, -0.15) is 0 Å². The van der Waals surface area contributed by atoms with Crippen molar-refractivity contribution in [2.75, 3.05) is 45.9 Å². The summed E-state index contributed by atoms with van der Waals surface area (Å²) in [6, 6.07) is 4.14. The first kappa shape index (κ1) is 30.3. The third-order valence-corrected chi connectivity index (χ3v) is 8.99. The molecule has 2 aromatic rings. The molecule has 2 fully saturated rings. The summed E-state index contributed by atoms with van der Waals surface area (Å²) in [6.45, 7) is 10.5. The van der Waals surface area contributed by atoms with Gasteiger partial charge in [-0.15, -0.1) is 11.3 Å². The molecular weight excluding hydrogens is 561 g/mol. The Morgan fingerprint density at radius 1 is 1.31 bits per heavy atom. The van der Waals surface area contributed by atoms with E-state index in [1.54, 1.807) is 46.0 Å². The van der Waals surface area contributed by atoms with E-state index in [1.165, 1.54) is 17.4 Å². The third kappa shape index (κ3) is 6.26. The van der Waals surface area contributed by atoms with Crippen LogP contribution in [0.25, 0.3) is 0 Å². The molecule has 3 unspecified atom stereocenters. The van der Waals surface area contributed by atoms with Gasteiger partial charge in [-0.3, -0.25) is 19.6 Å². The smallest absolute Gasteiger partial charge is 0.338 e. The van der Waals surface area contributed by atoms with E-state index in [4.69, 9.17) is 14.5 Å². The van der Waals surface area contributed by atoms with Gasteiger partial charge in [0.25, 0.3) is 0 Å². The summed E-state index contributed by atoms with van der Waals surface area (Å²) in [5.74, 6) is -1.16. The number of piperidine rings is 1. The molecule has 0 radical (unpaired) electrons. The lowest BCUT2D eigenvalue weighted by Gasteiger charge is -2.48. The molecule has 0 spiro atoms. The van der Waals surface area contributed by atoms with Crippen molar-refractivity contribution < 1.29 is 28.6 Å². The van der Waals surface area contributed by atoms with Crippen LogP contribution in [0.3, 0.4) is 0 Å². The molecule has 10 nitrogen and oxygen atoms in total. The Bertz CT molecular complexity index is 1380. The second kappa shape index (κ2) is 12.6. The van der Waals surface area contributed by atoms with E-state index < -0.39 is 23.4 Å². The summed E-state index contributed by atoms with van der Waals surface area (Å²) in [4.78, 5) is 39.1. The van der Waals surface area contributed by atoms with Crippen LogP contribution in [-0.4, -0.2) is 95.7 Å². The van der Waals surface area contributed by atoms with Gasteiger partial charge in [0.1, 0.15) is 11.9 Å². The van der Waals surface area contributed by atoms with Crippen LogP contribution in [-0.2, 0) is 19.1 Å². The van der Waals surface area contributed by atoms with E-state index in [0.29, 0.717) is 66.0 Å². The largest absolute Gasteiger partial charge is 0.481 e. The summed E-state index contributed by atoms with van der Waals surface area (Å²) < 4.78 is 26.5. The van der Waals surface area contributed by atoms with Crippen LogP contribution in [0.15, 0.2) is 46.0 Å². The second-order valence-electron chi connectivity index (χ2n) is 11.6. The van der Waals surface area contributed by atoms with Crippen molar-refractivity contribution in [3.63, 3.8) is 0 Å². The highest BCUT2D eigenvalue weighted by molar-refractivity contribution is 7.11. The highest BCUT2D eigenvalue weighted by atomic mass is 32.1. The summed E-state index contributed by atoms with van der Waals surface area (Å²) in [6.07, 6.45) is 2.39. The minimum Gasteiger partial charge on any atom is -0.481 e. The van der Waals surface area contributed by atoms with Crippen molar-refractivity contribution >= 4 is 29.1 Å². The van der Waals surface area contributed by atoms with E-state index in [9.17, 15) is 19.1 Å². The molecule has 3 atom stereocenters. The lowest BCUT2D eigenvalue weighted by molar-refractivity contribution is -0.150. The van der Waals surface area contributed by atoms with Crippen molar-refractivity contribution in [1.29, 1.82) is 0 Å². The number of nitrogens with one attached hydrogen (secondary N) is 1. The van der Waals surface area contributed by atoms with Crippen LogP contribution < -0.4 is 5.32 Å². The van der Waals surface area contributed by atoms with E-state index in [0.717, 1.165) is 13.0 Å². The number of esters is 1. The Kier molecular flexibility index (Phi) is 9.07. The van der Waals surface area contributed by atoms with Gasteiger partial charge in [-0.25, -0.2) is 14.2 Å². The van der Waals surface area contributed by atoms with Gasteiger partial charge in [-0.1, -0.05) is 12.1 Å². The van der Waals surface area contributed by atoms with Crippen LogP contribution in [0.5, 0.6) is 0 Å². The van der Waals surface area contributed by atoms with Gasteiger partial charge < -0.3 is 19.9 Å². The van der Waals surface area contributed by atoms with E-state index >= 15 is 0 Å². The highest BCUT2D eigenvalue weighted by Gasteiger charge is 2.41. The fourth-order valence-corrected chi connectivity index (χ4v) is 6.56. The highest BCUT2D eigenvalue weighted by Crippen LogP contribution is 2.36. The van der Waals surface area contributed by atoms with Crippen LogP contribution in [0, 0.1) is 18.2 Å². The monoisotopic (exact) mass is 599 g/mol. The third-order valence-electron chi connectivity index (χ3n) is 8.21. The van der Waals surface area contributed by atoms with Crippen molar-refractivity contribution in [1.82, 2.24) is 20.1 Å². The number of benzene rings is 1. The van der Waals surface area contributed by atoms with Gasteiger partial charge in [0.2, 0.25) is 0 Å². The minimum absolute atomic E-state index is 0.0808. The van der Waals surface area contributed by atoms with Crippen LogP contribution in [0.2, 0.25) is 0 Å². The molecule has 42 heavy (non-hydrogen) atoms. The number of carboxylic acid groups (broad SMARTS) is 1. The number of ether oxygens (including phenoxy) is 2. The molecule has 2 saturated heterocycles. The Labute approximate surface area is 249 Å². The molecule has 3 aliphatic heterocycles. The number of hydrogen-bond donors (Lipinski definition) is 2. The van der Waals surface area contributed by atoms with Crippen molar-refractivity contribution in [2.45, 2.75) is 52.3 Å². The number of fused-ring (bicyclic) bond motifs is 1. The lowest BCUT2D eigenvalue weighted by atomic mass is 9.90. The zero-order chi connectivity index (χ0) is 30.0. The zero-order valence-corrected chi connectivity index (χ0v) is 25.2. The number of aliphatic imine (C=N–C) groups is 1. The maximum Gasteiger partial charge on any atom is 0.338 e. The minimum atomic E-state index is -0.859. The van der Waals surface area contributed by atoms with Gasteiger partial charge in [-0.05, 0) is 57.9 Å². The van der Waals surface area contributed by atoms with Crippen LogP contribution in [0.4, 0.5) is 4.39 Å². The van der Waals surface area contributed by atoms with Crippen LogP contribution >= 0.6 is 11.3 Å². The van der Waals surface area contributed by atoms with E-state index in [2.05, 4.69) is 20.1 Å². The molecule has 226 valence electrons. The number of amidine groups is 1. The first-order valence-electron chi connectivity index (χ1n) is 14.3. The number of hydrogen-bond acceptors (Lipinski definition) is 10. The first-order chi connectivity index (χ1) is 20.1. The number of morpholine rings is 1. The lowest BCUT2D eigenvalue weighted by Crippen LogP contribution is -2.61. The second-order valence-corrected chi connectivity index (χ2v) is 12.5. The summed E-state index contributed by atoms with van der Waals surface area (Å²) in [5, 5.41) is 15.5. The average Bonchev–Trinajstić information content (AvgIpc) is 3.49. The molecule has 1 aromatic carbocycles. The van der Waals surface area contributed by atoms with Gasteiger partial charge in [0, 0.05) is 49.5 Å². The van der Waals surface area contributed by atoms with Gasteiger partial charge in [0.05, 0.1) is 30.3 Å². The summed E-state index contributed by atoms with van der Waals surface area (Å²) in [7, 11) is 0. The van der Waals surface area contributed by atoms with Crippen molar-refractivity contribution in [3.8, 4) is 0 Å². The Balaban J connectivity index is 1.47. The number of carbonyl (C=O) groups is 2. The number of aromatic nitrogens is 1. The molecular formula is C30H38FN5O5S. The summed E-state index contributed by atoms with van der Waals surface area (Å²) in [5.41, 5.74) is 1.17. The number of likely N-dealkylation sites (tertiary alicyclic amines) is 1. The molecule has 0 saturated carbocycles. The topological polar surface area (TPSA) is 117 Å². The Morgan fingerprint density at radius 3 is 2.83 bits per heavy atom. The molecule has 0 aliphatic carbocycles. The number of thiazole rings is 1. The van der Waals surface area contributed by atoms with Crippen LogP contribution in [0.1, 0.15) is 49.4 Å². The Morgan fingerprint density at radius 2 is 2.12 bits per heavy atom. The normalized spacial score (nSPS) is 23.6. The van der Waals surface area contributed by atoms with Gasteiger partial charge in [0.15, 0.2) is 10.8 Å². The quantitative estimate of drug-likeness (QED) is 0.419. The standard InChI is InChI=1S/C30H38FN5O5S/c1-5-40-28(37)24-21(15-36-12-13-41-23-16-35(11-9-22(23)36)17-30(3,4)29(38)39)33-26(27-32-10-14-42-27)34-25(24)19-7-6-8-20(31)18(19)2/h6-8,10,14,22-23,25H,5,9,11-13,15-17H2,1-4H3,(H,33,34)(H,38,39). The molecule has 12 heteroatoms. The Hall–Kier alpha value is -3.19. The predicted octanol–water partition coefficient (Wildman–Crippen LogP) is 3.38. The van der Waals surface area contributed by atoms with E-state index in [-0.39, 0.29) is 24.6 Å². The molecule has 1 aromatic heterocycles. The number of nitrogens with zero attached hydrogens (tertiary/aromatic N) is 4. The maximum absolute atomic E-state index is 14.7. The molecule has 0 amide bonds. The van der Waals surface area contributed by atoms with Crippen molar-refractivity contribution in [2.24, 2.45) is 10.4 Å². The molecule has 2 N–H and O–H groups in total. The predicted molar refractivity (Wildman–Crippen MR) is 157 cm³/mol. The SMILES string of the molecule is CCOC(=O)C1=C(CN2CCOC3CN(CC(C)(C)C(=O)O)CCC32)NC(c2nccs2)=NC1c1cccc(F)c1C. The fourth-order valence-electron chi connectivity index (χ4n) is 5.97. The molecule has 5 rings (SSSR count). The fraction of sp³-hybridized carbons (Fsp3) is 0.533. The average molecular weight is 600 g/mol. The van der Waals surface area contributed by atoms with E-state index in [1.807, 2.05) is 5.38 Å². The molecule has 3 aliphatic rings. The number of carbonyl (C=O) groups excluding carboxylic acids is 1. The number of halogens is 1. The van der Waals surface area contributed by atoms with Gasteiger partial charge >= 0.3 is 11.9 Å². The number of rotatable bonds is 9.